The zero-order chi connectivity index (χ0) is 45.7. The van der Waals surface area contributed by atoms with Crippen LogP contribution >= 0.6 is 11.6 Å². The molecule has 0 radical (unpaired) electrons. The summed E-state index contributed by atoms with van der Waals surface area (Å²) in [7, 11) is 0. The van der Waals surface area contributed by atoms with E-state index in [9.17, 15) is 29.2 Å². The van der Waals surface area contributed by atoms with Gasteiger partial charge in [-0.05, 0) is 95.0 Å². The van der Waals surface area contributed by atoms with Gasteiger partial charge in [-0.1, -0.05) is 39.3 Å². The number of nitrogens with one attached hydrogen (secondary N) is 2. The van der Waals surface area contributed by atoms with E-state index in [-0.39, 0.29) is 48.1 Å². The maximum atomic E-state index is 13.5. The Morgan fingerprint density at radius 2 is 1.55 bits per heavy atom. The van der Waals surface area contributed by atoms with Crippen LogP contribution in [0.3, 0.4) is 0 Å². The van der Waals surface area contributed by atoms with E-state index in [1.54, 1.807) is 48.8 Å². The van der Waals surface area contributed by atoms with Gasteiger partial charge in [0, 0.05) is 73.5 Å². The molecule has 4 fully saturated rings. The second kappa shape index (κ2) is 17.8. The Morgan fingerprint density at radius 3 is 2.17 bits per heavy atom. The second-order valence-corrected chi connectivity index (χ2v) is 19.9. The number of benzene rings is 2. The monoisotopic (exact) mass is 892 g/mol. The molecular formula is C48H57ClN8O7. The number of fused-ring (bicyclic) bond motifs is 1. The Kier molecular flexibility index (Phi) is 12.5. The average molecular weight is 893 g/mol. The summed E-state index contributed by atoms with van der Waals surface area (Å²) in [5.74, 6) is -0.0811. The maximum absolute atomic E-state index is 13.5. The zero-order valence-electron chi connectivity index (χ0n) is 37.4. The summed E-state index contributed by atoms with van der Waals surface area (Å²) < 4.78 is 12.8. The largest absolute Gasteiger partial charge is 0.490 e. The van der Waals surface area contributed by atoms with Crippen LogP contribution in [0.15, 0.2) is 48.8 Å². The lowest BCUT2D eigenvalue weighted by molar-refractivity contribution is -0.164. The fourth-order valence-electron chi connectivity index (χ4n) is 11.0. The molecule has 3 aromatic rings. The van der Waals surface area contributed by atoms with Crippen molar-refractivity contribution in [2.45, 2.75) is 129 Å². The molecule has 338 valence electrons. The summed E-state index contributed by atoms with van der Waals surface area (Å²) in [6, 6.07) is 11.7. The number of ether oxygens (including phenoxy) is 2. The van der Waals surface area contributed by atoms with Gasteiger partial charge in [0.25, 0.3) is 17.7 Å². The number of hydrogen-bond donors (Lipinski definition) is 2. The highest BCUT2D eigenvalue weighted by Gasteiger charge is 2.64. The number of rotatable bonds is 12. The molecule has 8 rings (SSSR count). The minimum absolute atomic E-state index is 0.0205. The van der Waals surface area contributed by atoms with Crippen LogP contribution in [0, 0.1) is 28.1 Å². The third-order valence-electron chi connectivity index (χ3n) is 14.2. The van der Waals surface area contributed by atoms with E-state index in [4.69, 9.17) is 21.1 Å². The number of halogens is 1. The first-order valence-electron chi connectivity index (χ1n) is 22.5. The predicted molar refractivity (Wildman–Crippen MR) is 238 cm³/mol. The van der Waals surface area contributed by atoms with Crippen LogP contribution in [0.1, 0.15) is 130 Å². The molecule has 5 aliphatic rings. The van der Waals surface area contributed by atoms with Crippen molar-refractivity contribution >= 4 is 47.1 Å². The normalized spacial score (nSPS) is 25.4. The highest BCUT2D eigenvalue weighted by Crippen LogP contribution is 2.55. The van der Waals surface area contributed by atoms with Crippen molar-refractivity contribution in [2.24, 2.45) is 16.7 Å². The zero-order valence-corrected chi connectivity index (χ0v) is 38.1. The summed E-state index contributed by atoms with van der Waals surface area (Å²) in [4.78, 5) is 79.2. The van der Waals surface area contributed by atoms with Gasteiger partial charge in [0.1, 0.15) is 29.7 Å². The first kappa shape index (κ1) is 45.0. The van der Waals surface area contributed by atoms with Gasteiger partial charge in [0.15, 0.2) is 0 Å². The number of carbonyl (C=O) groups excluding carboxylic acids is 5. The minimum atomic E-state index is -1.00. The lowest BCUT2D eigenvalue weighted by atomic mass is 9.49. The van der Waals surface area contributed by atoms with Crippen molar-refractivity contribution in [3.05, 3.63) is 76.1 Å². The summed E-state index contributed by atoms with van der Waals surface area (Å²) in [5, 5.41) is 15.0. The molecule has 2 aliphatic carbocycles. The topological polar surface area (TPSA) is 187 Å². The van der Waals surface area contributed by atoms with Gasteiger partial charge < -0.3 is 19.7 Å². The number of anilines is 1. The summed E-state index contributed by atoms with van der Waals surface area (Å²) in [6.07, 6.45) is 8.90. The molecule has 5 amide bonds. The highest BCUT2D eigenvalue weighted by atomic mass is 35.5. The van der Waals surface area contributed by atoms with E-state index in [1.165, 1.54) is 0 Å². The van der Waals surface area contributed by atoms with E-state index >= 15 is 0 Å². The number of nitriles is 1. The summed E-state index contributed by atoms with van der Waals surface area (Å²) in [6.45, 7) is 15.5. The molecule has 2 saturated heterocycles. The van der Waals surface area contributed by atoms with Gasteiger partial charge in [0.2, 0.25) is 17.8 Å². The van der Waals surface area contributed by atoms with Gasteiger partial charge in [-0.15, -0.1) is 0 Å². The van der Waals surface area contributed by atoms with Crippen molar-refractivity contribution in [3.8, 4) is 17.6 Å². The maximum Gasteiger partial charge on any atom is 0.262 e. The molecule has 15 nitrogen and oxygen atoms in total. The number of hydrogen-bond acceptors (Lipinski definition) is 12. The van der Waals surface area contributed by atoms with Crippen LogP contribution in [-0.2, 0) is 9.59 Å². The fraction of sp³-hybridized carbons (Fsp3) is 0.542. The van der Waals surface area contributed by atoms with Crippen LogP contribution in [0.5, 0.6) is 11.5 Å². The third kappa shape index (κ3) is 8.66. The van der Waals surface area contributed by atoms with Gasteiger partial charge >= 0.3 is 0 Å². The van der Waals surface area contributed by atoms with Crippen molar-refractivity contribution in [1.29, 1.82) is 5.26 Å². The number of nitrogens with zero attached hydrogens (tertiary/aromatic N) is 6. The number of amides is 5. The standard InChI is InChI=1S/C48H57ClN8O7/c1-27(2)56(31-8-11-32(12-9-31)63-33-13-14-35-36(21-33)43(62)57(42(35)61)38-15-16-39(58)53-41(38)60)26-28-17-19-55(20-18-28)46-51-24-30(25-52-46)40(59)54-44-47(3,4)45(48(44,5)6)64-34-10-7-29(23-50)37(49)22-34/h7,10,13-14,21-22,24-25,27-28,31-32,38,44-45H,8-9,11-12,15-20,26H2,1-6H3,(H,54,59)(H,53,58,60). The van der Waals surface area contributed by atoms with Crippen LogP contribution in [0.25, 0.3) is 0 Å². The Morgan fingerprint density at radius 1 is 0.906 bits per heavy atom. The van der Waals surface area contributed by atoms with E-state index in [0.717, 1.165) is 63.1 Å². The number of aromatic nitrogens is 2. The SMILES string of the molecule is CC(C)N(CC1CCN(c2ncc(C(=O)NC3C(C)(C)C(Oc4ccc(C#N)c(Cl)c4)C3(C)C)cn2)CC1)C1CCC(Oc2ccc3c(c2)C(=O)N(C2CCC(=O)NC2=O)C3=O)CC1. The van der Waals surface area contributed by atoms with Gasteiger partial charge in [-0.2, -0.15) is 5.26 Å². The third-order valence-corrected chi connectivity index (χ3v) is 14.5. The van der Waals surface area contributed by atoms with E-state index in [2.05, 4.69) is 78.0 Å². The molecule has 0 bridgehead atoms. The van der Waals surface area contributed by atoms with E-state index in [0.29, 0.717) is 51.6 Å². The lowest BCUT2D eigenvalue weighted by Crippen LogP contribution is -2.74. The minimum Gasteiger partial charge on any atom is -0.490 e. The molecule has 2 saturated carbocycles. The molecule has 2 N–H and O–H groups in total. The first-order valence-corrected chi connectivity index (χ1v) is 22.9. The molecule has 4 heterocycles. The molecule has 2 aromatic carbocycles. The van der Waals surface area contributed by atoms with Crippen molar-refractivity contribution in [2.75, 3.05) is 24.5 Å². The Balaban J connectivity index is 0.792. The van der Waals surface area contributed by atoms with Crippen molar-refractivity contribution < 1.29 is 33.4 Å². The van der Waals surface area contributed by atoms with Crippen LogP contribution in [-0.4, -0.2) is 105 Å². The molecule has 1 unspecified atom stereocenters. The first-order chi connectivity index (χ1) is 30.5. The number of carbonyl (C=O) groups is 5. The average Bonchev–Trinajstić information content (AvgIpc) is 3.51. The molecule has 64 heavy (non-hydrogen) atoms. The predicted octanol–water partition coefficient (Wildman–Crippen LogP) is 6.33. The second-order valence-electron chi connectivity index (χ2n) is 19.5. The van der Waals surface area contributed by atoms with Crippen molar-refractivity contribution in [3.63, 3.8) is 0 Å². The molecule has 1 aromatic heterocycles. The number of piperidine rings is 2. The summed E-state index contributed by atoms with van der Waals surface area (Å²) >= 11 is 6.26. The van der Waals surface area contributed by atoms with Crippen LogP contribution < -0.4 is 25.0 Å². The molecular weight excluding hydrogens is 836 g/mol. The molecule has 16 heteroatoms. The molecule has 3 aliphatic heterocycles. The molecule has 0 spiro atoms. The lowest BCUT2D eigenvalue weighted by Gasteiger charge is -2.63. The summed E-state index contributed by atoms with van der Waals surface area (Å²) in [5.41, 5.74) is 0.460. The Labute approximate surface area is 379 Å². The fourth-order valence-corrected chi connectivity index (χ4v) is 11.2. The van der Waals surface area contributed by atoms with E-state index in [1.807, 2.05) is 0 Å². The Hall–Kier alpha value is -5.59. The van der Waals surface area contributed by atoms with Crippen LogP contribution in [0.2, 0.25) is 5.02 Å². The smallest absolute Gasteiger partial charge is 0.262 e. The van der Waals surface area contributed by atoms with Gasteiger partial charge in [-0.25, -0.2) is 9.97 Å². The quantitative estimate of drug-likeness (QED) is 0.193. The number of imide groups is 2. The van der Waals surface area contributed by atoms with Crippen LogP contribution in [0.4, 0.5) is 5.95 Å². The van der Waals surface area contributed by atoms with Gasteiger partial charge in [0.05, 0.1) is 33.4 Å². The van der Waals surface area contributed by atoms with E-state index < -0.39 is 40.5 Å². The van der Waals surface area contributed by atoms with Gasteiger partial charge in [-0.3, -0.25) is 39.1 Å². The highest BCUT2D eigenvalue weighted by molar-refractivity contribution is 6.31. The Bertz CT molecular complexity index is 2350. The molecule has 1 atom stereocenters. The van der Waals surface area contributed by atoms with Crippen molar-refractivity contribution in [1.82, 2.24) is 30.4 Å².